The van der Waals surface area contributed by atoms with Crippen molar-refractivity contribution in [1.29, 1.82) is 0 Å². The molecule has 1 unspecified atom stereocenters. The van der Waals surface area contributed by atoms with Gasteiger partial charge >= 0.3 is 29.6 Å². The van der Waals surface area contributed by atoms with Gasteiger partial charge in [-0.2, -0.15) is 0 Å². The molecule has 0 saturated carbocycles. The van der Waals surface area contributed by atoms with E-state index in [1.54, 1.807) is 18.2 Å². The molecule has 1 aromatic carbocycles. The average Bonchev–Trinajstić information content (AvgIpc) is 2.67. The third kappa shape index (κ3) is 14.9. The summed E-state index contributed by atoms with van der Waals surface area (Å²) in [6.07, 6.45) is 11.8. The summed E-state index contributed by atoms with van der Waals surface area (Å²) in [4.78, 5) is 0.0815. The predicted octanol–water partition coefficient (Wildman–Crippen LogP) is 1.13. The van der Waals surface area contributed by atoms with Crippen LogP contribution in [0.5, 0.6) is 0 Å². The van der Waals surface area contributed by atoms with Crippen LogP contribution >= 0.6 is 0 Å². The summed E-state index contributed by atoms with van der Waals surface area (Å²) in [5, 5.41) is 0. The van der Waals surface area contributed by atoms with Crippen LogP contribution in [0.2, 0.25) is 0 Å². The van der Waals surface area contributed by atoms with Gasteiger partial charge in [0.05, 0.1) is 11.5 Å². The van der Waals surface area contributed by atoms with Crippen LogP contribution in [0.3, 0.4) is 0 Å². The molecule has 0 spiro atoms. The summed E-state index contributed by atoms with van der Waals surface area (Å²) in [5.74, 6) is 0. The first-order chi connectivity index (χ1) is 13.7. The van der Waals surface area contributed by atoms with Crippen LogP contribution in [0.25, 0.3) is 0 Å². The Morgan fingerprint density at radius 2 is 1.37 bits per heavy atom. The van der Waals surface area contributed by atoms with Crippen molar-refractivity contribution in [2.75, 3.05) is 6.61 Å². The summed E-state index contributed by atoms with van der Waals surface area (Å²) >= 11 is 0. The maximum atomic E-state index is 12.5. The van der Waals surface area contributed by atoms with Crippen molar-refractivity contribution < 1.29 is 55.1 Å². The van der Waals surface area contributed by atoms with Gasteiger partial charge in [-0.05, 0) is 18.6 Å². The Morgan fingerprint density at radius 3 is 1.87 bits per heavy atom. The Balaban J connectivity index is 0.00000841. The molecule has 0 fully saturated rings. The first-order valence-corrected chi connectivity index (χ1v) is 13.2. The van der Waals surface area contributed by atoms with E-state index in [4.69, 9.17) is 0 Å². The van der Waals surface area contributed by atoms with E-state index in [1.165, 1.54) is 50.7 Å². The van der Waals surface area contributed by atoms with Gasteiger partial charge in [-0.1, -0.05) is 89.3 Å². The predicted molar refractivity (Wildman–Crippen MR) is 113 cm³/mol. The van der Waals surface area contributed by atoms with E-state index in [0.717, 1.165) is 25.7 Å². The summed E-state index contributed by atoms with van der Waals surface area (Å²) in [5.41, 5.74) is 0. The molecular weight excluding hydrogens is 437 g/mol. The molecule has 0 bridgehead atoms. The van der Waals surface area contributed by atoms with Gasteiger partial charge in [0.1, 0.15) is 0 Å². The Morgan fingerprint density at radius 1 is 0.867 bits per heavy atom. The van der Waals surface area contributed by atoms with Crippen LogP contribution < -0.4 is 34.3 Å². The van der Waals surface area contributed by atoms with Gasteiger partial charge in [-0.25, -0.2) is 21.6 Å². The smallest absolute Gasteiger partial charge is 0.726 e. The molecule has 7 nitrogen and oxygen atoms in total. The molecule has 0 aliphatic rings. The summed E-state index contributed by atoms with van der Waals surface area (Å²) in [7, 11) is -8.69. The molecule has 0 aromatic heterocycles. The fourth-order valence-electron chi connectivity index (χ4n) is 3.11. The number of hydrogen-bond acceptors (Lipinski definition) is 6. The Kier molecular flexibility index (Phi) is 16.6. The molecule has 0 amide bonds. The third-order valence-electron chi connectivity index (χ3n) is 4.70. The number of nitrogens with one attached hydrogen (secondary N) is 1. The molecule has 0 radical (unpaired) electrons. The second kappa shape index (κ2) is 16.6. The molecule has 1 atom stereocenters. The second-order valence-corrected chi connectivity index (χ2v) is 10.1. The van der Waals surface area contributed by atoms with Gasteiger partial charge in [0.15, 0.2) is 0 Å². The Bertz CT molecular complexity index is 757. The maximum Gasteiger partial charge on any atom is 1.00 e. The average molecular weight is 472 g/mol. The molecule has 168 valence electrons. The second-order valence-electron chi connectivity index (χ2n) is 7.29. The summed E-state index contributed by atoms with van der Waals surface area (Å²) < 4.78 is 63.9. The zero-order valence-corrected chi connectivity index (χ0v) is 21.8. The van der Waals surface area contributed by atoms with Crippen molar-refractivity contribution in [3.05, 3.63) is 30.3 Å². The fourth-order valence-corrected chi connectivity index (χ4v) is 4.71. The molecular formula is C20H34NNaO6S2. The maximum absolute atomic E-state index is 12.5. The SMILES string of the molecule is CCCCCCCCCCCCC(COS(=O)(=O)[O-])NS(=O)(=O)c1ccccc1.[Na+]. The van der Waals surface area contributed by atoms with Crippen molar-refractivity contribution in [3.63, 3.8) is 0 Å². The normalized spacial score (nSPS) is 13.0. The standard InChI is InChI=1S/C20H35NO6S2.Na/c1-2-3-4-5-6-7-8-9-10-12-15-19(18-27-29(24,25)26)21-28(22,23)20-16-13-11-14-17-20;/h11,13-14,16-17,19,21H,2-10,12,15,18H2,1H3,(H,24,25,26);/q;+1/p-1. The van der Waals surface area contributed by atoms with Crippen molar-refractivity contribution in [3.8, 4) is 0 Å². The molecule has 0 saturated heterocycles. The first kappa shape index (κ1) is 30.0. The minimum atomic E-state index is -4.88. The topological polar surface area (TPSA) is 113 Å². The number of hydrogen-bond donors (Lipinski definition) is 1. The summed E-state index contributed by atoms with van der Waals surface area (Å²) in [6.45, 7) is 1.69. The van der Waals surface area contributed by atoms with Crippen molar-refractivity contribution >= 4 is 20.4 Å². The van der Waals surface area contributed by atoms with Crippen molar-refractivity contribution in [2.45, 2.75) is 88.5 Å². The molecule has 0 aliphatic carbocycles. The Labute approximate surface area is 204 Å². The zero-order valence-electron chi connectivity index (χ0n) is 18.2. The van der Waals surface area contributed by atoms with Crippen LogP contribution in [0.4, 0.5) is 0 Å². The molecule has 10 heteroatoms. The monoisotopic (exact) mass is 471 g/mol. The van der Waals surface area contributed by atoms with Gasteiger partial charge in [-0.3, -0.25) is 4.18 Å². The molecule has 1 rings (SSSR count). The van der Waals surface area contributed by atoms with Gasteiger partial charge in [0.2, 0.25) is 20.4 Å². The van der Waals surface area contributed by atoms with E-state index in [2.05, 4.69) is 15.8 Å². The van der Waals surface area contributed by atoms with Gasteiger partial charge in [0, 0.05) is 6.04 Å². The molecule has 0 aliphatic heterocycles. The largest absolute Gasteiger partial charge is 1.00 e. The van der Waals surface area contributed by atoms with Crippen molar-refractivity contribution in [2.24, 2.45) is 0 Å². The number of unbranched alkanes of at least 4 members (excludes halogenated alkanes) is 9. The van der Waals surface area contributed by atoms with Gasteiger partial charge in [0.25, 0.3) is 0 Å². The molecule has 30 heavy (non-hydrogen) atoms. The van der Waals surface area contributed by atoms with E-state index in [-0.39, 0.29) is 34.5 Å². The van der Waals surface area contributed by atoms with Gasteiger partial charge < -0.3 is 4.55 Å². The summed E-state index contributed by atoms with van der Waals surface area (Å²) in [6, 6.07) is 7.02. The van der Waals surface area contributed by atoms with E-state index < -0.39 is 33.1 Å². The minimum absolute atomic E-state index is 0. The van der Waals surface area contributed by atoms with Crippen LogP contribution in [-0.4, -0.2) is 34.0 Å². The van der Waals surface area contributed by atoms with E-state index in [1.807, 2.05) is 0 Å². The van der Waals surface area contributed by atoms with E-state index >= 15 is 0 Å². The zero-order chi connectivity index (χ0) is 21.6. The number of benzene rings is 1. The third-order valence-corrected chi connectivity index (χ3v) is 6.66. The van der Waals surface area contributed by atoms with Crippen LogP contribution in [0.1, 0.15) is 77.6 Å². The Hall–Kier alpha value is 0. The van der Waals surface area contributed by atoms with E-state index in [9.17, 15) is 21.4 Å². The van der Waals surface area contributed by atoms with Crippen LogP contribution in [0.15, 0.2) is 35.2 Å². The number of sulfonamides is 1. The van der Waals surface area contributed by atoms with Crippen LogP contribution in [0, 0.1) is 0 Å². The number of rotatable bonds is 17. The quantitative estimate of drug-likeness (QED) is 0.158. The molecule has 0 heterocycles. The van der Waals surface area contributed by atoms with Crippen LogP contribution in [-0.2, 0) is 24.6 Å². The minimum Gasteiger partial charge on any atom is -0.726 e. The first-order valence-electron chi connectivity index (χ1n) is 10.4. The fraction of sp³-hybridized carbons (Fsp3) is 0.700. The molecule has 1 N–H and O–H groups in total. The van der Waals surface area contributed by atoms with Gasteiger partial charge in [-0.15, -0.1) is 0 Å². The molecule has 1 aromatic rings. The van der Waals surface area contributed by atoms with Crippen molar-refractivity contribution in [1.82, 2.24) is 4.72 Å². The van der Waals surface area contributed by atoms with E-state index in [0.29, 0.717) is 6.42 Å².